The van der Waals surface area contributed by atoms with Gasteiger partial charge >= 0.3 is 5.97 Å². The number of benzene rings is 1. The Morgan fingerprint density at radius 2 is 2.29 bits per heavy atom. The number of halogens is 1. The molecule has 0 aliphatic rings. The molecule has 0 aliphatic heterocycles. The van der Waals surface area contributed by atoms with Crippen LogP contribution in [0.25, 0.3) is 0 Å². The highest BCUT2D eigenvalue weighted by molar-refractivity contribution is 6.30. The Kier molecular flexibility index (Phi) is 3.92. The molecule has 14 heavy (non-hydrogen) atoms. The molecule has 1 rings (SSSR count). The Labute approximate surface area is 87.7 Å². The van der Waals surface area contributed by atoms with Crippen LogP contribution in [-0.2, 0) is 6.54 Å². The van der Waals surface area contributed by atoms with Gasteiger partial charge in [0.1, 0.15) is 0 Å². The molecule has 0 radical (unpaired) electrons. The molecule has 0 aliphatic carbocycles. The lowest BCUT2D eigenvalue weighted by atomic mass is 10.1. The normalized spacial score (nSPS) is 10.1. The van der Waals surface area contributed by atoms with Gasteiger partial charge < -0.3 is 10.4 Å². The predicted molar refractivity (Wildman–Crippen MR) is 55.8 cm³/mol. The van der Waals surface area contributed by atoms with Crippen LogP contribution in [0.4, 0.5) is 0 Å². The minimum atomic E-state index is -0.944. The first-order chi connectivity index (χ1) is 6.65. The highest BCUT2D eigenvalue weighted by atomic mass is 35.5. The van der Waals surface area contributed by atoms with E-state index in [0.717, 1.165) is 12.1 Å². The minimum Gasteiger partial charge on any atom is -0.478 e. The lowest BCUT2D eigenvalue weighted by molar-refractivity contribution is 0.0695. The van der Waals surface area contributed by atoms with E-state index in [1.807, 2.05) is 6.92 Å². The zero-order chi connectivity index (χ0) is 10.6. The maximum Gasteiger partial charge on any atom is 0.336 e. The summed E-state index contributed by atoms with van der Waals surface area (Å²) in [6.07, 6.45) is 0. The Balaban J connectivity index is 2.96. The first-order valence-corrected chi connectivity index (χ1v) is 4.75. The van der Waals surface area contributed by atoms with Crippen LogP contribution >= 0.6 is 11.6 Å². The van der Waals surface area contributed by atoms with Crippen molar-refractivity contribution in [1.82, 2.24) is 5.32 Å². The van der Waals surface area contributed by atoms with E-state index in [9.17, 15) is 4.79 Å². The summed E-state index contributed by atoms with van der Waals surface area (Å²) in [5.41, 5.74) is 1.02. The number of rotatable bonds is 4. The zero-order valence-electron chi connectivity index (χ0n) is 7.88. The highest BCUT2D eigenvalue weighted by Gasteiger charge is 2.09. The molecule has 0 spiro atoms. The number of nitrogens with one attached hydrogen (secondary N) is 1. The van der Waals surface area contributed by atoms with E-state index in [1.165, 1.54) is 6.07 Å². The monoisotopic (exact) mass is 213 g/mol. The number of carbonyl (C=O) groups is 1. The summed E-state index contributed by atoms with van der Waals surface area (Å²) >= 11 is 5.71. The second kappa shape index (κ2) is 4.98. The van der Waals surface area contributed by atoms with Crippen molar-refractivity contribution in [2.24, 2.45) is 0 Å². The van der Waals surface area contributed by atoms with E-state index in [0.29, 0.717) is 11.6 Å². The van der Waals surface area contributed by atoms with Gasteiger partial charge in [-0.25, -0.2) is 4.79 Å². The summed E-state index contributed by atoms with van der Waals surface area (Å²) in [4.78, 5) is 10.9. The second-order valence-corrected chi connectivity index (χ2v) is 3.32. The Bertz CT molecular complexity index is 339. The van der Waals surface area contributed by atoms with Crippen molar-refractivity contribution in [3.63, 3.8) is 0 Å². The van der Waals surface area contributed by atoms with Crippen LogP contribution in [0.1, 0.15) is 22.8 Å². The summed E-state index contributed by atoms with van der Waals surface area (Å²) in [5.74, 6) is -0.944. The van der Waals surface area contributed by atoms with Gasteiger partial charge in [-0.2, -0.15) is 0 Å². The van der Waals surface area contributed by atoms with Crippen molar-refractivity contribution in [2.75, 3.05) is 6.54 Å². The molecule has 0 amide bonds. The molecule has 0 aromatic heterocycles. The molecule has 4 heteroatoms. The van der Waals surface area contributed by atoms with E-state index < -0.39 is 5.97 Å². The molecular formula is C10H12ClNO2. The fourth-order valence-electron chi connectivity index (χ4n) is 1.16. The van der Waals surface area contributed by atoms with E-state index >= 15 is 0 Å². The molecule has 0 saturated heterocycles. The predicted octanol–water partition coefficient (Wildman–Crippen LogP) is 2.15. The second-order valence-electron chi connectivity index (χ2n) is 2.89. The van der Waals surface area contributed by atoms with Gasteiger partial charge in [0.2, 0.25) is 0 Å². The fraction of sp³-hybridized carbons (Fsp3) is 0.300. The molecule has 0 fully saturated rings. The van der Waals surface area contributed by atoms with E-state index in [1.54, 1.807) is 12.1 Å². The van der Waals surface area contributed by atoms with E-state index in [2.05, 4.69) is 5.32 Å². The molecule has 0 saturated carbocycles. The third kappa shape index (κ3) is 2.72. The first kappa shape index (κ1) is 11.0. The van der Waals surface area contributed by atoms with Crippen LogP contribution in [0.2, 0.25) is 5.02 Å². The first-order valence-electron chi connectivity index (χ1n) is 4.37. The van der Waals surface area contributed by atoms with Gasteiger partial charge in [0.05, 0.1) is 5.56 Å². The summed E-state index contributed by atoms with van der Waals surface area (Å²) in [5, 5.41) is 12.4. The topological polar surface area (TPSA) is 49.3 Å². The number of hydrogen-bond donors (Lipinski definition) is 2. The van der Waals surface area contributed by atoms with Gasteiger partial charge in [0.25, 0.3) is 0 Å². The average Bonchev–Trinajstić information content (AvgIpc) is 2.15. The van der Waals surface area contributed by atoms with Gasteiger partial charge in [0, 0.05) is 11.6 Å². The van der Waals surface area contributed by atoms with Gasteiger partial charge in [0.15, 0.2) is 0 Å². The summed E-state index contributed by atoms with van der Waals surface area (Å²) in [6, 6.07) is 4.89. The molecule has 0 bridgehead atoms. The third-order valence-corrected chi connectivity index (χ3v) is 2.10. The molecule has 2 N–H and O–H groups in total. The van der Waals surface area contributed by atoms with Crippen molar-refractivity contribution in [1.29, 1.82) is 0 Å². The minimum absolute atomic E-state index is 0.262. The van der Waals surface area contributed by atoms with Gasteiger partial charge in [-0.3, -0.25) is 0 Å². The van der Waals surface area contributed by atoms with Crippen molar-refractivity contribution < 1.29 is 9.90 Å². The fourth-order valence-corrected chi connectivity index (χ4v) is 1.33. The van der Waals surface area contributed by atoms with Crippen LogP contribution < -0.4 is 5.32 Å². The third-order valence-electron chi connectivity index (χ3n) is 1.87. The number of carboxylic acid groups (broad SMARTS) is 1. The van der Waals surface area contributed by atoms with Crippen LogP contribution in [0, 0.1) is 0 Å². The molecule has 0 heterocycles. The van der Waals surface area contributed by atoms with Crippen LogP contribution in [0.3, 0.4) is 0 Å². The smallest absolute Gasteiger partial charge is 0.336 e. The molecular weight excluding hydrogens is 202 g/mol. The van der Waals surface area contributed by atoms with Gasteiger partial charge in [-0.1, -0.05) is 24.6 Å². The molecule has 76 valence electrons. The van der Waals surface area contributed by atoms with Crippen molar-refractivity contribution in [3.05, 3.63) is 34.3 Å². The lowest BCUT2D eigenvalue weighted by Crippen LogP contribution is -2.14. The number of carboxylic acids is 1. The largest absolute Gasteiger partial charge is 0.478 e. The van der Waals surface area contributed by atoms with Crippen LogP contribution in [0.5, 0.6) is 0 Å². The van der Waals surface area contributed by atoms with Gasteiger partial charge in [-0.05, 0) is 24.2 Å². The Morgan fingerprint density at radius 3 is 2.86 bits per heavy atom. The summed E-state index contributed by atoms with van der Waals surface area (Å²) < 4.78 is 0. The number of aromatic carboxylic acids is 1. The van der Waals surface area contributed by atoms with E-state index in [-0.39, 0.29) is 5.56 Å². The molecule has 3 nitrogen and oxygen atoms in total. The Hall–Kier alpha value is -1.06. The maximum atomic E-state index is 10.9. The highest BCUT2D eigenvalue weighted by Crippen LogP contribution is 2.16. The van der Waals surface area contributed by atoms with E-state index in [4.69, 9.17) is 16.7 Å². The number of hydrogen-bond acceptors (Lipinski definition) is 2. The van der Waals surface area contributed by atoms with Gasteiger partial charge in [-0.15, -0.1) is 0 Å². The molecule has 1 aromatic carbocycles. The van der Waals surface area contributed by atoms with Crippen LogP contribution in [0.15, 0.2) is 18.2 Å². The molecule has 0 atom stereocenters. The lowest BCUT2D eigenvalue weighted by Gasteiger charge is -2.06. The molecule has 0 unspecified atom stereocenters. The molecule has 1 aromatic rings. The summed E-state index contributed by atoms with van der Waals surface area (Å²) in [6.45, 7) is 3.33. The zero-order valence-corrected chi connectivity index (χ0v) is 8.64. The van der Waals surface area contributed by atoms with Crippen molar-refractivity contribution in [3.8, 4) is 0 Å². The Morgan fingerprint density at radius 1 is 1.57 bits per heavy atom. The SMILES string of the molecule is CCNCc1ccc(Cl)cc1C(=O)O. The average molecular weight is 214 g/mol. The van der Waals surface area contributed by atoms with Crippen molar-refractivity contribution >= 4 is 17.6 Å². The van der Waals surface area contributed by atoms with Crippen LogP contribution in [-0.4, -0.2) is 17.6 Å². The standard InChI is InChI=1S/C10H12ClNO2/c1-2-12-6-7-3-4-8(11)5-9(7)10(13)14/h3-5,12H,2,6H2,1H3,(H,13,14). The maximum absolute atomic E-state index is 10.9. The summed E-state index contributed by atoms with van der Waals surface area (Å²) in [7, 11) is 0. The quantitative estimate of drug-likeness (QED) is 0.806. The van der Waals surface area contributed by atoms with Crippen molar-refractivity contribution in [2.45, 2.75) is 13.5 Å².